The molecule has 0 aliphatic carbocycles. The third-order valence-corrected chi connectivity index (χ3v) is 8.53. The highest BCUT2D eigenvalue weighted by atomic mass is 16.6. The van der Waals surface area contributed by atoms with Crippen LogP contribution in [0, 0.1) is 6.92 Å². The Morgan fingerprint density at radius 2 is 1.41 bits per heavy atom. The van der Waals surface area contributed by atoms with Gasteiger partial charge in [-0.3, -0.25) is 14.4 Å². The summed E-state index contributed by atoms with van der Waals surface area (Å²) in [5.74, 6) is -0.506. The Labute approximate surface area is 328 Å². The number of carbonyl (C=O) groups excluding carboxylic acids is 2. The number of rotatable bonds is 28. The predicted octanol–water partition coefficient (Wildman–Crippen LogP) is 5.49. The summed E-state index contributed by atoms with van der Waals surface area (Å²) in [7, 11) is 0. The van der Waals surface area contributed by atoms with Gasteiger partial charge in [0.25, 0.3) is 0 Å². The van der Waals surface area contributed by atoms with Crippen molar-refractivity contribution in [3.05, 3.63) is 84.2 Å². The van der Waals surface area contributed by atoms with E-state index in [1.807, 2.05) is 73.7 Å². The van der Waals surface area contributed by atoms with Crippen LogP contribution in [0.2, 0.25) is 0 Å². The molecule has 1 aromatic heterocycles. The Bertz CT molecular complexity index is 1790. The average molecular weight is 774 g/mol. The van der Waals surface area contributed by atoms with E-state index in [0.29, 0.717) is 77.3 Å². The largest absolute Gasteiger partial charge is 0.491 e. The van der Waals surface area contributed by atoms with Crippen LogP contribution in [0.1, 0.15) is 56.3 Å². The number of hydrogen-bond acceptors (Lipinski definition) is 11. The van der Waals surface area contributed by atoms with E-state index in [0.717, 1.165) is 52.8 Å². The van der Waals surface area contributed by atoms with Gasteiger partial charge in [0.05, 0.1) is 65.3 Å². The van der Waals surface area contributed by atoms with E-state index in [-0.39, 0.29) is 25.3 Å². The lowest BCUT2D eigenvalue weighted by atomic mass is 9.95. The van der Waals surface area contributed by atoms with E-state index >= 15 is 0 Å². The number of aromatic nitrogens is 2. The minimum atomic E-state index is -1.06. The van der Waals surface area contributed by atoms with Crippen LogP contribution < -0.4 is 20.7 Å². The van der Waals surface area contributed by atoms with Gasteiger partial charge in [-0.15, -0.1) is 0 Å². The van der Waals surface area contributed by atoms with Crippen molar-refractivity contribution in [2.45, 2.75) is 52.0 Å². The van der Waals surface area contributed by atoms with Crippen LogP contribution in [0.4, 0.5) is 5.95 Å². The Morgan fingerprint density at radius 3 is 2.07 bits per heavy atom. The standard InChI is InChI=1S/C42H55N5O9/c1-3-20-52-21-22-53-23-24-54-25-26-55-27-28-56-38-16-15-34(35-8-4-5-9-36(35)38)32-11-13-33(14-12-32)37(29-41(50)51)47-40(49)30-45-39(48)10-6-7-18-43-42-44-19-17-31(2)46-42/h4-5,8-9,11-17,19,37H,3,6-7,10,18,20-30H2,1-2H3,(H,45,48)(H,47,49)(H,50,51)(H,43,44,46). The minimum Gasteiger partial charge on any atom is -0.491 e. The normalized spacial score (nSPS) is 11.6. The summed E-state index contributed by atoms with van der Waals surface area (Å²) in [6.45, 7) is 8.97. The zero-order valence-corrected chi connectivity index (χ0v) is 32.4. The van der Waals surface area contributed by atoms with Gasteiger partial charge >= 0.3 is 5.97 Å². The topological polar surface area (TPSA) is 179 Å². The molecule has 4 N–H and O–H groups in total. The van der Waals surface area contributed by atoms with E-state index in [9.17, 15) is 19.5 Å². The lowest BCUT2D eigenvalue weighted by Gasteiger charge is -2.19. The first-order valence-electron chi connectivity index (χ1n) is 19.2. The zero-order valence-electron chi connectivity index (χ0n) is 32.4. The number of carboxylic acids is 1. The smallest absolute Gasteiger partial charge is 0.305 e. The number of aryl methyl sites for hydroxylation is 1. The number of hydrogen-bond donors (Lipinski definition) is 4. The molecule has 0 saturated carbocycles. The first-order valence-corrected chi connectivity index (χ1v) is 19.2. The van der Waals surface area contributed by atoms with Gasteiger partial charge in [-0.25, -0.2) is 9.97 Å². The van der Waals surface area contributed by atoms with Crippen molar-refractivity contribution in [2.75, 3.05) is 77.9 Å². The van der Waals surface area contributed by atoms with Crippen LogP contribution in [-0.4, -0.2) is 105 Å². The monoisotopic (exact) mass is 773 g/mol. The molecule has 0 radical (unpaired) electrons. The van der Waals surface area contributed by atoms with Gasteiger partial charge in [0.15, 0.2) is 0 Å². The van der Waals surface area contributed by atoms with Crippen LogP contribution in [0.15, 0.2) is 72.9 Å². The summed E-state index contributed by atoms with van der Waals surface area (Å²) in [5.41, 5.74) is 3.40. The molecule has 14 nitrogen and oxygen atoms in total. The number of benzene rings is 3. The summed E-state index contributed by atoms with van der Waals surface area (Å²) in [6.07, 6.45) is 3.96. The number of aliphatic carboxylic acids is 1. The number of anilines is 1. The molecule has 0 saturated heterocycles. The van der Waals surface area contributed by atoms with Crippen LogP contribution in [0.3, 0.4) is 0 Å². The maximum atomic E-state index is 12.8. The molecule has 2 amide bonds. The SMILES string of the molecule is CCCOCCOCCOCCOCCOc1ccc(-c2ccc(C(CC(=O)O)NC(=O)CNC(=O)CCCCNc3nccc(C)n3)cc2)c2ccccc12. The fourth-order valence-corrected chi connectivity index (χ4v) is 5.74. The predicted molar refractivity (Wildman–Crippen MR) is 214 cm³/mol. The minimum absolute atomic E-state index is 0.253. The Hall–Kier alpha value is -5.15. The third-order valence-electron chi connectivity index (χ3n) is 8.53. The number of nitrogens with zero attached hydrogens (tertiary/aromatic N) is 2. The summed E-state index contributed by atoms with van der Waals surface area (Å²) >= 11 is 0. The number of ether oxygens (including phenoxy) is 5. The molecular weight excluding hydrogens is 718 g/mol. The van der Waals surface area contributed by atoms with Crippen LogP contribution in [0.25, 0.3) is 21.9 Å². The van der Waals surface area contributed by atoms with E-state index in [4.69, 9.17) is 23.7 Å². The number of carboxylic acid groups (broad SMARTS) is 1. The third kappa shape index (κ3) is 15.9. The fraction of sp³-hybridized carbons (Fsp3) is 0.452. The number of carbonyl (C=O) groups is 3. The number of fused-ring (bicyclic) bond motifs is 1. The van der Waals surface area contributed by atoms with Crippen molar-refractivity contribution >= 4 is 34.5 Å². The van der Waals surface area contributed by atoms with Gasteiger partial charge < -0.3 is 44.7 Å². The lowest BCUT2D eigenvalue weighted by molar-refractivity contribution is -0.138. The van der Waals surface area contributed by atoms with Crippen molar-refractivity contribution in [3.63, 3.8) is 0 Å². The highest BCUT2D eigenvalue weighted by Crippen LogP contribution is 2.35. The molecule has 1 atom stereocenters. The quantitative estimate of drug-likeness (QED) is 0.0535. The van der Waals surface area contributed by atoms with Crippen molar-refractivity contribution < 1.29 is 43.2 Å². The first kappa shape index (κ1) is 43.6. The molecule has 14 heteroatoms. The summed E-state index contributed by atoms with van der Waals surface area (Å²) in [6, 6.07) is 20.4. The molecule has 0 fully saturated rings. The molecule has 0 bridgehead atoms. The molecule has 4 rings (SSSR count). The second-order valence-electron chi connectivity index (χ2n) is 13.0. The van der Waals surface area contributed by atoms with Crippen molar-refractivity contribution in [2.24, 2.45) is 0 Å². The lowest BCUT2D eigenvalue weighted by Crippen LogP contribution is -2.39. The number of nitrogens with one attached hydrogen (secondary N) is 3. The van der Waals surface area contributed by atoms with Crippen molar-refractivity contribution in [1.29, 1.82) is 0 Å². The molecule has 4 aromatic rings. The van der Waals surface area contributed by atoms with Gasteiger partial charge in [0, 0.05) is 36.8 Å². The molecule has 1 heterocycles. The molecule has 0 spiro atoms. The van der Waals surface area contributed by atoms with E-state index in [2.05, 4.69) is 32.8 Å². The van der Waals surface area contributed by atoms with E-state index in [1.165, 1.54) is 0 Å². The summed E-state index contributed by atoms with van der Waals surface area (Å²) in [5, 5.41) is 20.1. The maximum absolute atomic E-state index is 12.8. The van der Waals surface area contributed by atoms with Crippen molar-refractivity contribution in [1.82, 2.24) is 20.6 Å². The summed E-state index contributed by atoms with van der Waals surface area (Å²) < 4.78 is 28.1. The van der Waals surface area contributed by atoms with Gasteiger partial charge in [-0.1, -0.05) is 61.5 Å². The van der Waals surface area contributed by atoms with Gasteiger partial charge in [0.1, 0.15) is 12.4 Å². The molecule has 56 heavy (non-hydrogen) atoms. The second-order valence-corrected chi connectivity index (χ2v) is 13.0. The highest BCUT2D eigenvalue weighted by Gasteiger charge is 2.19. The molecule has 302 valence electrons. The Kier molecular flexibility index (Phi) is 19.5. The highest BCUT2D eigenvalue weighted by molar-refractivity contribution is 6.00. The Balaban J connectivity index is 1.21. The molecular formula is C42H55N5O9. The van der Waals surface area contributed by atoms with Crippen LogP contribution >= 0.6 is 0 Å². The van der Waals surface area contributed by atoms with Crippen molar-refractivity contribution in [3.8, 4) is 16.9 Å². The zero-order chi connectivity index (χ0) is 39.8. The van der Waals surface area contributed by atoms with Crippen LogP contribution in [-0.2, 0) is 33.3 Å². The van der Waals surface area contributed by atoms with Gasteiger partial charge in [0.2, 0.25) is 17.8 Å². The molecule has 1 unspecified atom stereocenters. The van der Waals surface area contributed by atoms with Gasteiger partial charge in [-0.2, -0.15) is 0 Å². The van der Waals surface area contributed by atoms with E-state index < -0.39 is 17.9 Å². The molecule has 3 aromatic carbocycles. The Morgan fingerprint density at radius 1 is 0.750 bits per heavy atom. The first-order chi connectivity index (χ1) is 27.3. The number of unbranched alkanes of at least 4 members (excludes halogenated alkanes) is 1. The second kappa shape index (κ2) is 25.1. The fourth-order valence-electron chi connectivity index (χ4n) is 5.74. The van der Waals surface area contributed by atoms with Crippen LogP contribution in [0.5, 0.6) is 5.75 Å². The maximum Gasteiger partial charge on any atom is 0.305 e. The van der Waals surface area contributed by atoms with Gasteiger partial charge in [-0.05, 0) is 60.4 Å². The molecule has 0 aliphatic rings. The number of amides is 2. The van der Waals surface area contributed by atoms with E-state index in [1.54, 1.807) is 6.20 Å². The average Bonchev–Trinajstić information content (AvgIpc) is 3.19. The molecule has 0 aliphatic heterocycles. The summed E-state index contributed by atoms with van der Waals surface area (Å²) in [4.78, 5) is 45.3.